The normalized spacial score (nSPS) is 17.0. The van der Waals surface area contributed by atoms with E-state index in [0.29, 0.717) is 17.7 Å². The second-order valence-corrected chi connectivity index (χ2v) is 12.7. The molecule has 6 nitrogen and oxygen atoms in total. The van der Waals surface area contributed by atoms with Gasteiger partial charge in [-0.25, -0.2) is 0 Å². The van der Waals surface area contributed by atoms with Crippen molar-refractivity contribution in [3.05, 3.63) is 40.1 Å². The van der Waals surface area contributed by atoms with Crippen LogP contribution in [0, 0.1) is 11.3 Å². The Kier molecular flexibility index (Phi) is 8.02. The molecule has 0 fully saturated rings. The number of carbonyl (C=O) groups excluding carboxylic acids is 2. The van der Waals surface area contributed by atoms with E-state index >= 15 is 0 Å². The highest BCUT2D eigenvalue weighted by Gasteiger charge is 2.43. The first-order valence-corrected chi connectivity index (χ1v) is 13.2. The largest absolute Gasteiger partial charge is 0.497 e. The Morgan fingerprint density at radius 2 is 1.83 bits per heavy atom. The first-order valence-electron chi connectivity index (χ1n) is 12.3. The summed E-state index contributed by atoms with van der Waals surface area (Å²) in [6.45, 7) is 14.4. The molecular weight excluding hydrogens is 460 g/mol. The fourth-order valence-corrected chi connectivity index (χ4v) is 6.42. The number of fused-ring (bicyclic) bond motifs is 3. The molecular formula is C28H40N2O4S. The number of amides is 2. The van der Waals surface area contributed by atoms with Gasteiger partial charge in [0.25, 0.3) is 5.91 Å². The third kappa shape index (κ3) is 6.07. The van der Waals surface area contributed by atoms with Gasteiger partial charge in [0.15, 0.2) is 0 Å². The van der Waals surface area contributed by atoms with Crippen molar-refractivity contribution in [3.63, 3.8) is 0 Å². The molecule has 3 rings (SSSR count). The molecule has 2 amide bonds. The van der Waals surface area contributed by atoms with E-state index < -0.39 is 17.6 Å². The van der Waals surface area contributed by atoms with E-state index in [1.165, 1.54) is 11.3 Å². The summed E-state index contributed by atoms with van der Waals surface area (Å²) < 4.78 is 5.42. The van der Waals surface area contributed by atoms with Crippen molar-refractivity contribution in [1.82, 2.24) is 10.2 Å². The SMILES string of the molecule is COc1ccc2c(c1)C(=O)N([C@H](CO)CC(C)C)[C@H](C(=O)NC(C)(C)CC(C)(C)C)c1sccc1-2. The lowest BCUT2D eigenvalue weighted by atomic mass is 9.81. The van der Waals surface area contributed by atoms with Crippen LogP contribution in [0.2, 0.25) is 0 Å². The van der Waals surface area contributed by atoms with Crippen LogP contribution in [-0.4, -0.2) is 47.1 Å². The third-order valence-electron chi connectivity index (χ3n) is 6.23. The van der Waals surface area contributed by atoms with Crippen LogP contribution in [0.5, 0.6) is 5.75 Å². The van der Waals surface area contributed by atoms with Crippen LogP contribution in [0.1, 0.15) is 82.6 Å². The molecule has 0 saturated carbocycles. The summed E-state index contributed by atoms with van der Waals surface area (Å²) in [5.41, 5.74) is 1.68. The van der Waals surface area contributed by atoms with Crippen LogP contribution in [0.15, 0.2) is 29.6 Å². The molecule has 0 saturated heterocycles. The molecule has 1 aromatic carbocycles. The van der Waals surface area contributed by atoms with Gasteiger partial charge < -0.3 is 20.1 Å². The highest BCUT2D eigenvalue weighted by molar-refractivity contribution is 7.10. The minimum atomic E-state index is -0.842. The Balaban J connectivity index is 2.18. The molecule has 0 radical (unpaired) electrons. The van der Waals surface area contributed by atoms with Gasteiger partial charge in [-0.2, -0.15) is 0 Å². The first kappa shape index (κ1) is 27.2. The second kappa shape index (κ2) is 10.3. The van der Waals surface area contributed by atoms with Crippen LogP contribution in [0.4, 0.5) is 0 Å². The molecule has 0 bridgehead atoms. The maximum absolute atomic E-state index is 14.1. The number of rotatable bonds is 8. The van der Waals surface area contributed by atoms with E-state index in [2.05, 4.69) is 39.9 Å². The van der Waals surface area contributed by atoms with Gasteiger partial charge in [-0.3, -0.25) is 9.59 Å². The summed E-state index contributed by atoms with van der Waals surface area (Å²) in [6, 6.07) is 6.08. The summed E-state index contributed by atoms with van der Waals surface area (Å²) in [6.07, 6.45) is 1.36. The van der Waals surface area contributed by atoms with Crippen molar-refractivity contribution in [2.75, 3.05) is 13.7 Å². The monoisotopic (exact) mass is 500 g/mol. The topological polar surface area (TPSA) is 78.9 Å². The van der Waals surface area contributed by atoms with Crippen LogP contribution in [0.25, 0.3) is 11.1 Å². The van der Waals surface area contributed by atoms with Crippen LogP contribution < -0.4 is 10.1 Å². The molecule has 2 N–H and O–H groups in total. The average Bonchev–Trinajstić information content (AvgIpc) is 3.18. The lowest BCUT2D eigenvalue weighted by Crippen LogP contribution is -2.54. The fourth-order valence-electron chi connectivity index (χ4n) is 5.41. The van der Waals surface area contributed by atoms with Gasteiger partial charge in [-0.05, 0) is 78.8 Å². The van der Waals surface area contributed by atoms with Gasteiger partial charge in [0.05, 0.1) is 25.3 Å². The molecule has 1 aromatic heterocycles. The van der Waals surface area contributed by atoms with Gasteiger partial charge in [-0.1, -0.05) is 34.6 Å². The summed E-state index contributed by atoms with van der Waals surface area (Å²) in [5.74, 6) is 0.318. The number of methoxy groups -OCH3 is 1. The van der Waals surface area contributed by atoms with Gasteiger partial charge >= 0.3 is 0 Å². The van der Waals surface area contributed by atoms with E-state index in [1.54, 1.807) is 18.1 Å². The Morgan fingerprint density at radius 3 is 2.40 bits per heavy atom. The second-order valence-electron chi connectivity index (χ2n) is 11.8. The predicted molar refractivity (Wildman–Crippen MR) is 142 cm³/mol. The minimum absolute atomic E-state index is 0.0158. The Labute approximate surface area is 213 Å². The first-order chi connectivity index (χ1) is 16.3. The number of aliphatic hydroxyl groups excluding tert-OH is 1. The van der Waals surface area contributed by atoms with Crippen LogP contribution >= 0.6 is 11.3 Å². The van der Waals surface area contributed by atoms with E-state index in [1.807, 2.05) is 37.4 Å². The minimum Gasteiger partial charge on any atom is -0.497 e. The Morgan fingerprint density at radius 1 is 1.14 bits per heavy atom. The molecule has 7 heteroatoms. The summed E-state index contributed by atoms with van der Waals surface area (Å²) >= 11 is 1.47. The Bertz CT molecular complexity index is 1070. The molecule has 1 aliphatic rings. The smallest absolute Gasteiger partial charge is 0.255 e. The highest BCUT2D eigenvalue weighted by atomic mass is 32.1. The fraction of sp³-hybridized carbons (Fsp3) is 0.571. The van der Waals surface area contributed by atoms with Gasteiger partial charge in [0, 0.05) is 10.4 Å². The third-order valence-corrected chi connectivity index (χ3v) is 7.20. The molecule has 0 spiro atoms. The lowest BCUT2D eigenvalue weighted by Gasteiger charge is -2.39. The molecule has 2 heterocycles. The summed E-state index contributed by atoms with van der Waals surface area (Å²) in [4.78, 5) is 30.6. The van der Waals surface area contributed by atoms with Crippen molar-refractivity contribution < 1.29 is 19.4 Å². The number of benzene rings is 1. The number of nitrogens with one attached hydrogen (secondary N) is 1. The van der Waals surface area contributed by atoms with Crippen molar-refractivity contribution in [1.29, 1.82) is 0 Å². The molecule has 0 unspecified atom stereocenters. The number of nitrogens with zero attached hydrogens (tertiary/aromatic N) is 1. The molecule has 35 heavy (non-hydrogen) atoms. The van der Waals surface area contributed by atoms with Crippen molar-refractivity contribution >= 4 is 23.2 Å². The van der Waals surface area contributed by atoms with Gasteiger partial charge in [-0.15, -0.1) is 11.3 Å². The summed E-state index contributed by atoms with van der Waals surface area (Å²) in [5, 5.41) is 15.6. The molecule has 2 atom stereocenters. The predicted octanol–water partition coefficient (Wildman–Crippen LogP) is 5.66. The van der Waals surface area contributed by atoms with E-state index in [9.17, 15) is 14.7 Å². The quantitative estimate of drug-likeness (QED) is 0.490. The number of carbonyl (C=O) groups is 2. The number of ether oxygens (including phenoxy) is 1. The van der Waals surface area contributed by atoms with Crippen LogP contribution in [-0.2, 0) is 4.79 Å². The van der Waals surface area contributed by atoms with E-state index in [-0.39, 0.29) is 29.8 Å². The number of hydrogen-bond donors (Lipinski definition) is 2. The zero-order chi connectivity index (χ0) is 26.1. The lowest BCUT2D eigenvalue weighted by molar-refractivity contribution is -0.128. The van der Waals surface area contributed by atoms with Crippen LogP contribution in [0.3, 0.4) is 0 Å². The molecule has 1 aliphatic heterocycles. The standard InChI is InChI=1S/C28H40N2O4S/c1-17(2)13-18(15-31)30-23(25(32)29-28(6,7)16-27(3,4)5)24-21(11-12-35-24)20-10-9-19(34-8)14-22(20)26(30)33/h9-12,14,17-18,23,31H,13,15-16H2,1-8H3,(H,29,32)/t18-,23-/m0/s1. The van der Waals surface area contributed by atoms with Crippen molar-refractivity contribution in [3.8, 4) is 16.9 Å². The summed E-state index contributed by atoms with van der Waals surface area (Å²) in [7, 11) is 1.57. The maximum atomic E-state index is 14.1. The van der Waals surface area contributed by atoms with Gasteiger partial charge in [0.2, 0.25) is 5.91 Å². The maximum Gasteiger partial charge on any atom is 0.255 e. The van der Waals surface area contributed by atoms with E-state index in [0.717, 1.165) is 22.4 Å². The Hall–Kier alpha value is -2.38. The average molecular weight is 501 g/mol. The van der Waals surface area contributed by atoms with Gasteiger partial charge in [0.1, 0.15) is 11.8 Å². The van der Waals surface area contributed by atoms with E-state index in [4.69, 9.17) is 4.74 Å². The zero-order valence-corrected chi connectivity index (χ0v) is 23.1. The number of hydrogen-bond acceptors (Lipinski definition) is 5. The number of aliphatic hydroxyl groups is 1. The van der Waals surface area contributed by atoms with Crippen molar-refractivity contribution in [2.24, 2.45) is 11.3 Å². The molecule has 2 aromatic rings. The molecule has 0 aliphatic carbocycles. The molecule has 192 valence electrons. The highest BCUT2D eigenvalue weighted by Crippen LogP contribution is 2.44. The zero-order valence-electron chi connectivity index (χ0n) is 22.3. The number of thiophene rings is 1. The van der Waals surface area contributed by atoms with Crippen molar-refractivity contribution in [2.45, 2.75) is 78.9 Å².